The van der Waals surface area contributed by atoms with Gasteiger partial charge in [0.2, 0.25) is 5.43 Å². The molecule has 4 aromatic rings. The third kappa shape index (κ3) is 4.21. The Hall–Kier alpha value is -4.06. The minimum atomic E-state index is -0.392. The summed E-state index contributed by atoms with van der Waals surface area (Å²) in [5.74, 6) is 1.46. The summed E-state index contributed by atoms with van der Waals surface area (Å²) in [7, 11) is 3.09. The fourth-order valence-electron chi connectivity index (χ4n) is 3.60. The van der Waals surface area contributed by atoms with Crippen molar-refractivity contribution in [2.24, 2.45) is 0 Å². The topological polar surface area (TPSA) is 75.0 Å². The molecule has 0 unspecified atom stereocenters. The summed E-state index contributed by atoms with van der Waals surface area (Å²) in [6.07, 6.45) is 0.153. The number of aryl methyl sites for hydroxylation is 1. The third-order valence-corrected chi connectivity index (χ3v) is 5.14. The molecule has 1 heterocycles. The van der Waals surface area contributed by atoms with Crippen LogP contribution in [0, 0.1) is 6.92 Å². The van der Waals surface area contributed by atoms with Crippen LogP contribution in [-0.2, 0) is 11.2 Å². The van der Waals surface area contributed by atoms with Crippen LogP contribution in [0.25, 0.3) is 22.1 Å². The average molecular weight is 430 g/mol. The lowest BCUT2D eigenvalue weighted by Crippen LogP contribution is -2.12. The predicted molar refractivity (Wildman–Crippen MR) is 122 cm³/mol. The number of esters is 1. The Bertz CT molecular complexity index is 1340. The van der Waals surface area contributed by atoms with Gasteiger partial charge < -0.3 is 18.6 Å². The lowest BCUT2D eigenvalue weighted by Gasteiger charge is -2.12. The molecule has 0 amide bonds. The van der Waals surface area contributed by atoms with Gasteiger partial charge in [0.05, 0.1) is 31.6 Å². The zero-order valence-electron chi connectivity index (χ0n) is 18.0. The maximum Gasteiger partial charge on any atom is 0.315 e. The van der Waals surface area contributed by atoms with Gasteiger partial charge in [-0.25, -0.2) is 0 Å². The molecule has 0 aliphatic carbocycles. The fourth-order valence-corrected chi connectivity index (χ4v) is 3.60. The molecule has 32 heavy (non-hydrogen) atoms. The van der Waals surface area contributed by atoms with Crippen molar-refractivity contribution in [3.05, 3.63) is 88.3 Å². The summed E-state index contributed by atoms with van der Waals surface area (Å²) in [6.45, 7) is 1.72. The van der Waals surface area contributed by atoms with E-state index in [1.807, 2.05) is 30.3 Å². The number of fused-ring (bicyclic) bond motifs is 1. The number of hydrogen-bond donors (Lipinski definition) is 0. The average Bonchev–Trinajstić information content (AvgIpc) is 2.79. The summed E-state index contributed by atoms with van der Waals surface area (Å²) >= 11 is 0. The fraction of sp³-hybridized carbons (Fsp3) is 0.154. The van der Waals surface area contributed by atoms with Crippen molar-refractivity contribution in [2.75, 3.05) is 14.2 Å². The highest BCUT2D eigenvalue weighted by atomic mass is 16.5. The molecule has 0 aliphatic heterocycles. The summed E-state index contributed by atoms with van der Waals surface area (Å²) in [5.41, 5.74) is 2.13. The summed E-state index contributed by atoms with van der Waals surface area (Å²) < 4.78 is 22.0. The molecule has 0 bridgehead atoms. The van der Waals surface area contributed by atoms with Crippen molar-refractivity contribution in [3.8, 4) is 28.4 Å². The van der Waals surface area contributed by atoms with Crippen molar-refractivity contribution in [3.63, 3.8) is 0 Å². The highest BCUT2D eigenvalue weighted by molar-refractivity contribution is 5.85. The van der Waals surface area contributed by atoms with E-state index < -0.39 is 5.97 Å². The molecule has 0 spiro atoms. The van der Waals surface area contributed by atoms with E-state index >= 15 is 0 Å². The van der Waals surface area contributed by atoms with E-state index in [-0.39, 0.29) is 11.8 Å². The van der Waals surface area contributed by atoms with E-state index in [4.69, 9.17) is 18.6 Å². The van der Waals surface area contributed by atoms with Gasteiger partial charge in [-0.1, -0.05) is 36.4 Å². The number of hydrogen-bond acceptors (Lipinski definition) is 6. The van der Waals surface area contributed by atoms with Crippen LogP contribution in [0.2, 0.25) is 0 Å². The molecule has 0 saturated heterocycles. The molecule has 0 radical (unpaired) electrons. The normalized spacial score (nSPS) is 10.7. The first-order chi connectivity index (χ1) is 15.5. The van der Waals surface area contributed by atoms with Crippen LogP contribution < -0.4 is 19.6 Å². The van der Waals surface area contributed by atoms with E-state index in [1.165, 1.54) is 7.11 Å². The van der Waals surface area contributed by atoms with Gasteiger partial charge in [-0.05, 0) is 42.3 Å². The molecular weight excluding hydrogens is 408 g/mol. The summed E-state index contributed by atoms with van der Waals surface area (Å²) in [5, 5.41) is 0.392. The molecule has 0 saturated carbocycles. The lowest BCUT2D eigenvalue weighted by atomic mass is 10.0. The quantitative estimate of drug-likeness (QED) is 0.319. The van der Waals surface area contributed by atoms with Crippen LogP contribution in [0.15, 0.2) is 75.9 Å². The molecule has 3 aromatic carbocycles. The van der Waals surface area contributed by atoms with Crippen molar-refractivity contribution < 1.29 is 23.4 Å². The van der Waals surface area contributed by atoms with Gasteiger partial charge in [0.25, 0.3) is 0 Å². The zero-order valence-corrected chi connectivity index (χ0v) is 18.0. The number of rotatable bonds is 6. The largest absolute Gasteiger partial charge is 0.493 e. The number of carbonyl (C=O) groups excluding carboxylic acids is 1. The first-order valence-electron chi connectivity index (χ1n) is 10.0. The molecule has 0 N–H and O–H groups in total. The molecule has 0 fully saturated rings. The first-order valence-corrected chi connectivity index (χ1v) is 10.0. The van der Waals surface area contributed by atoms with E-state index in [2.05, 4.69) is 0 Å². The van der Waals surface area contributed by atoms with Crippen molar-refractivity contribution >= 4 is 16.9 Å². The highest BCUT2D eigenvalue weighted by Crippen LogP contribution is 2.33. The molecular formula is C26H22O6. The van der Waals surface area contributed by atoms with Crippen LogP contribution in [0.5, 0.6) is 17.2 Å². The predicted octanol–water partition coefficient (Wildman–Crippen LogP) is 4.93. The Kier molecular flexibility index (Phi) is 5.94. The SMILES string of the molecule is COc1ccc(-c2c(C)oc3cc(OC(=O)Cc4ccccc4)ccc3c2=O)cc1OC. The minimum absolute atomic E-state index is 0.153. The van der Waals surface area contributed by atoms with Gasteiger partial charge in [0, 0.05) is 6.07 Å². The van der Waals surface area contributed by atoms with E-state index in [1.54, 1.807) is 50.4 Å². The standard InChI is InChI=1S/C26H22O6/c1-16-25(18-9-12-21(29-2)23(14-18)30-3)26(28)20-11-10-19(15-22(20)31-16)32-24(27)13-17-7-5-4-6-8-17/h4-12,14-15H,13H2,1-3H3. The Labute approximate surface area is 185 Å². The van der Waals surface area contributed by atoms with E-state index in [9.17, 15) is 9.59 Å². The van der Waals surface area contributed by atoms with Gasteiger partial charge in [-0.15, -0.1) is 0 Å². The number of methoxy groups -OCH3 is 2. The second kappa shape index (κ2) is 8.98. The van der Waals surface area contributed by atoms with Gasteiger partial charge in [0.15, 0.2) is 11.5 Å². The maximum atomic E-state index is 13.2. The monoisotopic (exact) mass is 430 g/mol. The Morgan fingerprint density at radius 2 is 1.66 bits per heavy atom. The molecule has 0 aliphatic rings. The lowest BCUT2D eigenvalue weighted by molar-refractivity contribution is -0.133. The highest BCUT2D eigenvalue weighted by Gasteiger charge is 2.17. The zero-order chi connectivity index (χ0) is 22.7. The van der Waals surface area contributed by atoms with Gasteiger partial charge in [-0.2, -0.15) is 0 Å². The third-order valence-electron chi connectivity index (χ3n) is 5.14. The second-order valence-electron chi connectivity index (χ2n) is 7.23. The molecule has 4 rings (SSSR count). The number of benzene rings is 3. The number of ether oxygens (including phenoxy) is 3. The van der Waals surface area contributed by atoms with Crippen LogP contribution >= 0.6 is 0 Å². The first kappa shape index (κ1) is 21.2. The maximum absolute atomic E-state index is 13.2. The molecule has 6 nitrogen and oxygen atoms in total. The van der Waals surface area contributed by atoms with Gasteiger partial charge >= 0.3 is 5.97 Å². The Morgan fingerprint density at radius 3 is 2.38 bits per heavy atom. The van der Waals surface area contributed by atoms with Crippen molar-refractivity contribution in [1.82, 2.24) is 0 Å². The van der Waals surface area contributed by atoms with Gasteiger partial charge in [-0.3, -0.25) is 9.59 Å². The number of carbonyl (C=O) groups is 1. The van der Waals surface area contributed by atoms with Crippen LogP contribution in [0.3, 0.4) is 0 Å². The summed E-state index contributed by atoms with van der Waals surface area (Å²) in [4.78, 5) is 25.5. The van der Waals surface area contributed by atoms with Crippen LogP contribution in [0.4, 0.5) is 0 Å². The second-order valence-corrected chi connectivity index (χ2v) is 7.23. The van der Waals surface area contributed by atoms with Crippen molar-refractivity contribution in [2.45, 2.75) is 13.3 Å². The van der Waals surface area contributed by atoms with E-state index in [0.717, 1.165) is 5.56 Å². The minimum Gasteiger partial charge on any atom is -0.493 e. The molecule has 6 heteroatoms. The molecule has 162 valence electrons. The smallest absolute Gasteiger partial charge is 0.315 e. The summed E-state index contributed by atoms with van der Waals surface area (Å²) in [6, 6.07) is 19.4. The van der Waals surface area contributed by atoms with Crippen molar-refractivity contribution in [1.29, 1.82) is 0 Å². The van der Waals surface area contributed by atoms with Crippen LogP contribution in [0.1, 0.15) is 11.3 Å². The van der Waals surface area contributed by atoms with Crippen LogP contribution in [-0.4, -0.2) is 20.2 Å². The molecule has 1 aromatic heterocycles. The Morgan fingerprint density at radius 1 is 0.906 bits per heavy atom. The van der Waals surface area contributed by atoms with E-state index in [0.29, 0.717) is 45.1 Å². The van der Waals surface area contributed by atoms with Gasteiger partial charge in [0.1, 0.15) is 17.1 Å². The Balaban J connectivity index is 1.66. The molecule has 0 atom stereocenters.